The van der Waals surface area contributed by atoms with Crippen LogP contribution >= 0.6 is 0 Å². The van der Waals surface area contributed by atoms with Crippen LogP contribution in [0.5, 0.6) is 0 Å². The number of Topliss-reactive ketones (excluding diaryl/α,β-unsaturated/α-hetero) is 2. The molecule has 0 heterocycles. The lowest BCUT2D eigenvalue weighted by molar-refractivity contribution is -0.133. The minimum atomic E-state index is -0.290. The highest BCUT2D eigenvalue weighted by atomic mass is 16.5. The topological polar surface area (TPSA) is 43.4 Å². The number of hydrogen-bond donors (Lipinski definition) is 0. The fraction of sp³-hybridized carbons (Fsp3) is 0.833. The van der Waals surface area contributed by atoms with Crippen molar-refractivity contribution in [1.82, 2.24) is 0 Å². The van der Waals surface area contributed by atoms with Crippen molar-refractivity contribution >= 4 is 11.6 Å². The molecule has 0 aromatic rings. The van der Waals surface area contributed by atoms with Gasteiger partial charge in [-0.1, -0.05) is 6.42 Å². The Morgan fingerprint density at radius 3 is 2.73 bits per heavy atom. The Balaban J connectivity index is 2.06. The van der Waals surface area contributed by atoms with Crippen molar-refractivity contribution in [3.05, 3.63) is 0 Å². The summed E-state index contributed by atoms with van der Waals surface area (Å²) in [4.78, 5) is 23.7. The molecule has 0 saturated heterocycles. The minimum absolute atomic E-state index is 0.0943. The summed E-state index contributed by atoms with van der Waals surface area (Å²) in [5.74, 6) is 1.02. The average Bonchev–Trinajstić information content (AvgIpc) is 2.77. The molecule has 0 aromatic heterocycles. The summed E-state index contributed by atoms with van der Waals surface area (Å²) in [6, 6.07) is 0. The maximum atomic E-state index is 11.9. The monoisotopic (exact) mass is 208 g/mol. The van der Waals surface area contributed by atoms with Crippen LogP contribution in [0, 0.1) is 17.3 Å². The standard InChI is InChI=1S/C12H16O3/c1-15-11-10(14)6-7-5-9(13)8-3-2-4-12(7,8)11/h7-8,11H,2-6H2,1H3/t7-,8+,11+,12+/m1/s1. The molecule has 0 aromatic carbocycles. The molecule has 82 valence electrons. The van der Waals surface area contributed by atoms with E-state index in [-0.39, 0.29) is 29.1 Å². The molecular formula is C12H16O3. The smallest absolute Gasteiger partial charge is 0.162 e. The van der Waals surface area contributed by atoms with E-state index < -0.39 is 0 Å². The molecule has 3 rings (SSSR count). The molecule has 0 amide bonds. The second-order valence-corrected chi connectivity index (χ2v) is 5.21. The zero-order valence-electron chi connectivity index (χ0n) is 8.99. The van der Waals surface area contributed by atoms with Crippen LogP contribution in [0.1, 0.15) is 32.1 Å². The summed E-state index contributed by atoms with van der Waals surface area (Å²) in [6.45, 7) is 0. The van der Waals surface area contributed by atoms with Crippen LogP contribution in [-0.2, 0) is 14.3 Å². The Morgan fingerprint density at radius 2 is 2.00 bits per heavy atom. The van der Waals surface area contributed by atoms with E-state index in [2.05, 4.69) is 0 Å². The first-order valence-corrected chi connectivity index (χ1v) is 5.78. The Kier molecular flexibility index (Phi) is 1.85. The van der Waals surface area contributed by atoms with Crippen molar-refractivity contribution in [3.63, 3.8) is 0 Å². The third kappa shape index (κ3) is 0.949. The van der Waals surface area contributed by atoms with Crippen molar-refractivity contribution in [2.24, 2.45) is 17.3 Å². The number of rotatable bonds is 1. The first-order chi connectivity index (χ1) is 7.20. The lowest BCUT2D eigenvalue weighted by Crippen LogP contribution is -2.39. The molecule has 3 aliphatic carbocycles. The van der Waals surface area contributed by atoms with E-state index >= 15 is 0 Å². The van der Waals surface area contributed by atoms with Crippen LogP contribution < -0.4 is 0 Å². The van der Waals surface area contributed by atoms with E-state index in [4.69, 9.17) is 4.74 Å². The van der Waals surface area contributed by atoms with Gasteiger partial charge in [-0.3, -0.25) is 9.59 Å². The Morgan fingerprint density at radius 1 is 1.27 bits per heavy atom. The van der Waals surface area contributed by atoms with Crippen molar-refractivity contribution in [2.45, 2.75) is 38.2 Å². The van der Waals surface area contributed by atoms with Gasteiger partial charge in [-0.2, -0.15) is 0 Å². The molecule has 0 aliphatic heterocycles. The second kappa shape index (κ2) is 2.91. The van der Waals surface area contributed by atoms with Crippen LogP contribution in [0.2, 0.25) is 0 Å². The lowest BCUT2D eigenvalue weighted by atomic mass is 9.74. The number of carbonyl (C=O) groups excluding carboxylic acids is 2. The molecular weight excluding hydrogens is 192 g/mol. The van der Waals surface area contributed by atoms with Crippen LogP contribution in [0.3, 0.4) is 0 Å². The van der Waals surface area contributed by atoms with E-state index in [0.717, 1.165) is 19.3 Å². The summed E-state index contributed by atoms with van der Waals surface area (Å²) < 4.78 is 5.39. The maximum Gasteiger partial charge on any atom is 0.162 e. The fourth-order valence-corrected chi connectivity index (χ4v) is 4.37. The van der Waals surface area contributed by atoms with E-state index in [1.165, 1.54) is 0 Å². The Labute approximate surface area is 89.2 Å². The predicted octanol–water partition coefficient (Wildman–Crippen LogP) is 1.35. The van der Waals surface area contributed by atoms with Gasteiger partial charge in [0, 0.05) is 31.3 Å². The quantitative estimate of drug-likeness (QED) is 0.653. The van der Waals surface area contributed by atoms with Gasteiger partial charge in [0.2, 0.25) is 0 Å². The van der Waals surface area contributed by atoms with E-state index in [1.807, 2.05) is 0 Å². The number of carbonyl (C=O) groups is 2. The zero-order valence-corrected chi connectivity index (χ0v) is 8.99. The Hall–Kier alpha value is -0.700. The molecule has 3 nitrogen and oxygen atoms in total. The molecule has 3 aliphatic rings. The SMILES string of the molecule is CO[C@H]1C(=O)C[C@H]2CC(=O)[C@@H]3CCC[C@]231. The predicted molar refractivity (Wildman–Crippen MR) is 53.3 cm³/mol. The van der Waals surface area contributed by atoms with Crippen molar-refractivity contribution in [2.75, 3.05) is 7.11 Å². The van der Waals surface area contributed by atoms with Gasteiger partial charge in [0.1, 0.15) is 11.9 Å². The van der Waals surface area contributed by atoms with Gasteiger partial charge in [0.05, 0.1) is 0 Å². The average molecular weight is 208 g/mol. The largest absolute Gasteiger partial charge is 0.373 e. The number of ether oxygens (including phenoxy) is 1. The molecule has 1 spiro atoms. The van der Waals surface area contributed by atoms with Gasteiger partial charge in [-0.15, -0.1) is 0 Å². The number of ketones is 2. The van der Waals surface area contributed by atoms with Gasteiger partial charge < -0.3 is 4.74 Å². The van der Waals surface area contributed by atoms with Crippen LogP contribution in [-0.4, -0.2) is 24.8 Å². The highest BCUT2D eigenvalue weighted by Crippen LogP contribution is 2.63. The minimum Gasteiger partial charge on any atom is -0.373 e. The first kappa shape index (κ1) is 9.52. The van der Waals surface area contributed by atoms with E-state index in [9.17, 15) is 9.59 Å². The second-order valence-electron chi connectivity index (χ2n) is 5.21. The summed E-state index contributed by atoms with van der Waals surface area (Å²) >= 11 is 0. The molecule has 4 atom stereocenters. The van der Waals surface area contributed by atoms with Crippen molar-refractivity contribution < 1.29 is 14.3 Å². The summed E-state index contributed by atoms with van der Waals surface area (Å²) in [5.41, 5.74) is -0.0943. The lowest BCUT2D eigenvalue weighted by Gasteiger charge is -2.33. The van der Waals surface area contributed by atoms with Gasteiger partial charge in [-0.25, -0.2) is 0 Å². The summed E-state index contributed by atoms with van der Waals surface area (Å²) in [6.07, 6.45) is 3.97. The molecule has 0 radical (unpaired) electrons. The molecule has 3 heteroatoms. The summed E-state index contributed by atoms with van der Waals surface area (Å²) in [5, 5.41) is 0. The van der Waals surface area contributed by atoms with E-state index in [1.54, 1.807) is 7.11 Å². The normalized spacial score (nSPS) is 48.5. The van der Waals surface area contributed by atoms with Gasteiger partial charge in [0.25, 0.3) is 0 Å². The summed E-state index contributed by atoms with van der Waals surface area (Å²) in [7, 11) is 1.61. The van der Waals surface area contributed by atoms with Crippen LogP contribution in [0.15, 0.2) is 0 Å². The zero-order chi connectivity index (χ0) is 10.6. The van der Waals surface area contributed by atoms with Gasteiger partial charge in [0.15, 0.2) is 5.78 Å². The highest BCUT2D eigenvalue weighted by molar-refractivity contribution is 5.94. The van der Waals surface area contributed by atoms with Gasteiger partial charge in [-0.05, 0) is 18.8 Å². The van der Waals surface area contributed by atoms with E-state index in [0.29, 0.717) is 18.6 Å². The molecule has 0 N–H and O–H groups in total. The Bertz CT molecular complexity index is 336. The number of hydrogen-bond acceptors (Lipinski definition) is 3. The molecule has 0 bridgehead atoms. The highest BCUT2D eigenvalue weighted by Gasteiger charge is 2.66. The third-order valence-corrected chi connectivity index (χ3v) is 4.81. The molecule has 0 unspecified atom stereocenters. The first-order valence-electron chi connectivity index (χ1n) is 5.78. The number of methoxy groups -OCH3 is 1. The fourth-order valence-electron chi connectivity index (χ4n) is 4.37. The molecule has 3 fully saturated rings. The third-order valence-electron chi connectivity index (χ3n) is 4.81. The van der Waals surface area contributed by atoms with Crippen molar-refractivity contribution in [3.8, 4) is 0 Å². The molecule has 15 heavy (non-hydrogen) atoms. The van der Waals surface area contributed by atoms with Gasteiger partial charge >= 0.3 is 0 Å². The van der Waals surface area contributed by atoms with Crippen LogP contribution in [0.4, 0.5) is 0 Å². The van der Waals surface area contributed by atoms with Crippen molar-refractivity contribution in [1.29, 1.82) is 0 Å². The molecule has 3 saturated carbocycles. The maximum absolute atomic E-state index is 11.9. The van der Waals surface area contributed by atoms with Crippen LogP contribution in [0.25, 0.3) is 0 Å².